The molecule has 4 aromatic rings. The van der Waals surface area contributed by atoms with E-state index in [1.54, 1.807) is 23.1 Å². The number of imidazole rings is 1. The summed E-state index contributed by atoms with van der Waals surface area (Å²) in [4.78, 5) is 17.0. The van der Waals surface area contributed by atoms with Crippen LogP contribution >= 0.6 is 0 Å². The summed E-state index contributed by atoms with van der Waals surface area (Å²) in [6.07, 6.45) is 5.15. The third kappa shape index (κ3) is 2.93. The molecule has 2 aromatic carbocycles. The summed E-state index contributed by atoms with van der Waals surface area (Å²) in [5.74, 6) is -0.591. The largest absolute Gasteiger partial charge is 0.322 e. The van der Waals surface area contributed by atoms with Gasteiger partial charge in [0.2, 0.25) is 0 Å². The van der Waals surface area contributed by atoms with Gasteiger partial charge in [-0.15, -0.1) is 0 Å². The maximum Gasteiger partial charge on any atom is 0.255 e. The first-order chi connectivity index (χ1) is 12.6. The normalized spacial score (nSPS) is 10.8. The summed E-state index contributed by atoms with van der Waals surface area (Å²) in [5, 5.41) is 7.01. The van der Waals surface area contributed by atoms with Crippen LogP contribution in [-0.4, -0.2) is 20.5 Å². The van der Waals surface area contributed by atoms with Crippen molar-refractivity contribution in [3.05, 3.63) is 84.1 Å². The first kappa shape index (κ1) is 16.0. The number of carbonyl (C=O) groups excluding carboxylic acids is 1. The van der Waals surface area contributed by atoms with E-state index in [2.05, 4.69) is 15.4 Å². The fourth-order valence-electron chi connectivity index (χ4n) is 2.83. The first-order valence-corrected chi connectivity index (χ1v) is 8.08. The molecule has 0 fully saturated rings. The van der Waals surface area contributed by atoms with Crippen molar-refractivity contribution in [1.29, 1.82) is 0 Å². The molecule has 0 bridgehead atoms. The Balaban J connectivity index is 1.71. The van der Waals surface area contributed by atoms with E-state index in [0.717, 1.165) is 22.3 Å². The number of carbonyl (C=O) groups is 1. The maximum atomic E-state index is 13.0. The van der Waals surface area contributed by atoms with E-state index in [0.29, 0.717) is 11.3 Å². The number of fused-ring (bicyclic) bond motifs is 1. The zero-order valence-corrected chi connectivity index (χ0v) is 14.0. The highest BCUT2D eigenvalue weighted by Gasteiger charge is 2.13. The smallest absolute Gasteiger partial charge is 0.255 e. The van der Waals surface area contributed by atoms with E-state index in [1.807, 2.05) is 31.2 Å². The van der Waals surface area contributed by atoms with Crippen LogP contribution in [-0.2, 0) is 0 Å². The predicted molar refractivity (Wildman–Crippen MR) is 97.5 cm³/mol. The second kappa shape index (κ2) is 6.40. The van der Waals surface area contributed by atoms with Gasteiger partial charge in [-0.2, -0.15) is 5.10 Å². The molecule has 1 amide bonds. The van der Waals surface area contributed by atoms with E-state index >= 15 is 0 Å². The van der Waals surface area contributed by atoms with Crippen LogP contribution in [0.1, 0.15) is 15.9 Å². The third-order valence-corrected chi connectivity index (χ3v) is 4.19. The van der Waals surface area contributed by atoms with Crippen molar-refractivity contribution in [2.75, 3.05) is 5.32 Å². The first-order valence-electron chi connectivity index (χ1n) is 8.08. The molecule has 0 saturated heterocycles. The molecule has 0 spiro atoms. The molecule has 26 heavy (non-hydrogen) atoms. The van der Waals surface area contributed by atoms with Crippen LogP contribution in [0.2, 0.25) is 0 Å². The molecule has 4 rings (SSSR count). The number of nitrogens with zero attached hydrogens (tertiary/aromatic N) is 3. The van der Waals surface area contributed by atoms with Gasteiger partial charge in [0.05, 0.1) is 0 Å². The van der Waals surface area contributed by atoms with Gasteiger partial charge in [0.1, 0.15) is 5.82 Å². The Bertz CT molecular complexity index is 1100. The zero-order valence-electron chi connectivity index (χ0n) is 14.0. The highest BCUT2D eigenvalue weighted by molar-refractivity contribution is 6.06. The molecule has 0 atom stereocenters. The summed E-state index contributed by atoms with van der Waals surface area (Å²) < 4.78 is 14.7. The van der Waals surface area contributed by atoms with E-state index in [-0.39, 0.29) is 11.7 Å². The number of nitrogens with one attached hydrogen (secondary N) is 1. The zero-order chi connectivity index (χ0) is 18.1. The molecule has 0 saturated carbocycles. The lowest BCUT2D eigenvalue weighted by Gasteiger charge is -2.10. The van der Waals surface area contributed by atoms with Gasteiger partial charge in [-0.1, -0.05) is 12.1 Å². The number of aromatic nitrogens is 3. The molecular weight excluding hydrogens is 331 g/mol. The van der Waals surface area contributed by atoms with E-state index in [4.69, 9.17) is 0 Å². The Kier molecular flexibility index (Phi) is 3.93. The summed E-state index contributed by atoms with van der Waals surface area (Å²) in [6.45, 7) is 1.88. The third-order valence-electron chi connectivity index (χ3n) is 4.19. The maximum absolute atomic E-state index is 13.0. The molecule has 0 radical (unpaired) electrons. The fraction of sp³-hybridized carbons (Fsp3) is 0.0500. The monoisotopic (exact) mass is 346 g/mol. The number of hydrogen-bond donors (Lipinski definition) is 1. The molecule has 0 aliphatic heterocycles. The lowest BCUT2D eigenvalue weighted by Crippen LogP contribution is -2.13. The number of benzene rings is 2. The van der Waals surface area contributed by atoms with Gasteiger partial charge in [0, 0.05) is 35.4 Å². The number of aryl methyl sites for hydroxylation is 1. The van der Waals surface area contributed by atoms with Crippen molar-refractivity contribution in [2.24, 2.45) is 0 Å². The minimum Gasteiger partial charge on any atom is -0.322 e. The molecule has 2 heterocycles. The molecular formula is C20H15FN4O. The Morgan fingerprint density at radius 3 is 2.69 bits per heavy atom. The molecule has 1 N–H and O–H groups in total. The quantitative estimate of drug-likeness (QED) is 0.608. The standard InChI is InChI=1S/C20H15FN4O/c1-13-2-3-14(17-8-9-23-25-11-10-22-19(17)25)12-18(13)20(26)24-16-6-4-15(21)5-7-16/h2-12H,1H3,(H,24,26). The molecule has 0 aliphatic rings. The van der Waals surface area contributed by atoms with Crippen LogP contribution in [0.5, 0.6) is 0 Å². The lowest BCUT2D eigenvalue weighted by atomic mass is 10.00. The Morgan fingerprint density at radius 1 is 1.08 bits per heavy atom. The highest BCUT2D eigenvalue weighted by atomic mass is 19.1. The number of anilines is 1. The van der Waals surface area contributed by atoms with Crippen molar-refractivity contribution >= 4 is 17.2 Å². The minimum absolute atomic E-state index is 0.246. The van der Waals surface area contributed by atoms with Gasteiger partial charge in [-0.25, -0.2) is 13.9 Å². The summed E-state index contributed by atoms with van der Waals surface area (Å²) in [5.41, 5.74) is 4.43. The van der Waals surface area contributed by atoms with E-state index < -0.39 is 0 Å². The van der Waals surface area contributed by atoms with E-state index in [9.17, 15) is 9.18 Å². The second-order valence-corrected chi connectivity index (χ2v) is 5.93. The predicted octanol–water partition coefficient (Wildman–Crippen LogP) is 4.10. The van der Waals surface area contributed by atoms with Gasteiger partial charge in [0.15, 0.2) is 5.65 Å². The Hall–Kier alpha value is -3.54. The van der Waals surface area contributed by atoms with Crippen LogP contribution in [0.3, 0.4) is 0 Å². The van der Waals surface area contributed by atoms with Gasteiger partial charge >= 0.3 is 0 Å². The van der Waals surface area contributed by atoms with Gasteiger partial charge in [-0.05, 0) is 54.4 Å². The molecule has 2 aromatic heterocycles. The number of rotatable bonds is 3. The van der Waals surface area contributed by atoms with Crippen molar-refractivity contribution in [2.45, 2.75) is 6.92 Å². The molecule has 128 valence electrons. The Morgan fingerprint density at radius 2 is 1.88 bits per heavy atom. The number of amides is 1. The minimum atomic E-state index is -0.345. The van der Waals surface area contributed by atoms with Crippen LogP contribution in [0.25, 0.3) is 16.8 Å². The SMILES string of the molecule is Cc1ccc(-c2ccnn3ccnc23)cc1C(=O)Nc1ccc(F)cc1. The average Bonchev–Trinajstić information content (AvgIpc) is 3.13. The highest BCUT2D eigenvalue weighted by Crippen LogP contribution is 2.25. The van der Waals surface area contributed by atoms with Crippen molar-refractivity contribution < 1.29 is 9.18 Å². The Labute approximate surface area is 149 Å². The number of halogens is 1. The molecule has 5 nitrogen and oxygen atoms in total. The fourth-order valence-corrected chi connectivity index (χ4v) is 2.83. The van der Waals surface area contributed by atoms with Crippen molar-refractivity contribution in [1.82, 2.24) is 14.6 Å². The van der Waals surface area contributed by atoms with Crippen LogP contribution in [0, 0.1) is 12.7 Å². The van der Waals surface area contributed by atoms with Crippen LogP contribution in [0.15, 0.2) is 67.1 Å². The lowest BCUT2D eigenvalue weighted by molar-refractivity contribution is 0.102. The van der Waals surface area contributed by atoms with Crippen LogP contribution < -0.4 is 5.32 Å². The molecule has 6 heteroatoms. The van der Waals surface area contributed by atoms with Crippen LogP contribution in [0.4, 0.5) is 10.1 Å². The summed E-state index contributed by atoms with van der Waals surface area (Å²) >= 11 is 0. The second-order valence-electron chi connectivity index (χ2n) is 5.93. The topological polar surface area (TPSA) is 59.3 Å². The van der Waals surface area contributed by atoms with Crippen molar-refractivity contribution in [3.8, 4) is 11.1 Å². The molecule has 0 aliphatic carbocycles. The molecule has 0 unspecified atom stereocenters. The summed E-state index contributed by atoms with van der Waals surface area (Å²) in [7, 11) is 0. The summed E-state index contributed by atoms with van der Waals surface area (Å²) in [6, 6.07) is 13.2. The van der Waals surface area contributed by atoms with E-state index in [1.165, 1.54) is 24.3 Å². The van der Waals surface area contributed by atoms with Gasteiger partial charge < -0.3 is 5.32 Å². The average molecular weight is 346 g/mol. The van der Waals surface area contributed by atoms with Gasteiger partial charge in [-0.3, -0.25) is 4.79 Å². The van der Waals surface area contributed by atoms with Gasteiger partial charge in [0.25, 0.3) is 5.91 Å². The number of hydrogen-bond acceptors (Lipinski definition) is 3. The van der Waals surface area contributed by atoms with Crippen molar-refractivity contribution in [3.63, 3.8) is 0 Å².